The average Bonchev–Trinajstić information content (AvgIpc) is 2.80. The third-order valence-corrected chi connectivity index (χ3v) is 4.55. The van der Waals surface area contributed by atoms with E-state index >= 15 is 0 Å². The summed E-state index contributed by atoms with van der Waals surface area (Å²) in [4.78, 5) is 4.51. The van der Waals surface area contributed by atoms with Gasteiger partial charge in [0.15, 0.2) is 0 Å². The van der Waals surface area contributed by atoms with Crippen LogP contribution in [-0.4, -0.2) is 9.55 Å². The van der Waals surface area contributed by atoms with Crippen LogP contribution in [0.3, 0.4) is 0 Å². The molecule has 5 heteroatoms. The van der Waals surface area contributed by atoms with Crippen molar-refractivity contribution >= 4 is 38.6 Å². The van der Waals surface area contributed by atoms with Gasteiger partial charge in [0.05, 0.1) is 27.1 Å². The van der Waals surface area contributed by atoms with Gasteiger partial charge in [-0.05, 0) is 53.0 Å². The van der Waals surface area contributed by atoms with E-state index in [2.05, 4.69) is 33.9 Å². The highest BCUT2D eigenvalue weighted by atomic mass is 79.9. The molecular formula is C16H13BrClFN2. The minimum Gasteiger partial charge on any atom is -0.295 e. The first-order valence-electron chi connectivity index (χ1n) is 6.52. The number of aryl methyl sites for hydroxylation is 1. The van der Waals surface area contributed by atoms with Gasteiger partial charge in [-0.3, -0.25) is 4.57 Å². The van der Waals surface area contributed by atoms with Crippen LogP contribution in [0.25, 0.3) is 16.7 Å². The highest BCUT2D eigenvalue weighted by molar-refractivity contribution is 9.10. The molecule has 0 fully saturated rings. The maximum absolute atomic E-state index is 13.9. The van der Waals surface area contributed by atoms with Crippen LogP contribution in [-0.2, 0) is 5.88 Å². The van der Waals surface area contributed by atoms with Gasteiger partial charge in [0.1, 0.15) is 11.6 Å². The maximum Gasteiger partial charge on any atom is 0.139 e. The van der Waals surface area contributed by atoms with Crippen LogP contribution in [0, 0.1) is 19.7 Å². The van der Waals surface area contributed by atoms with Crippen LogP contribution < -0.4 is 0 Å². The molecule has 108 valence electrons. The van der Waals surface area contributed by atoms with Crippen LogP contribution in [0.1, 0.15) is 17.0 Å². The van der Waals surface area contributed by atoms with Crippen molar-refractivity contribution in [1.82, 2.24) is 9.55 Å². The van der Waals surface area contributed by atoms with Crippen molar-refractivity contribution in [3.05, 3.63) is 57.6 Å². The van der Waals surface area contributed by atoms with Crippen molar-refractivity contribution in [1.29, 1.82) is 0 Å². The Morgan fingerprint density at radius 2 is 2.05 bits per heavy atom. The van der Waals surface area contributed by atoms with Crippen LogP contribution in [0.15, 0.2) is 34.8 Å². The summed E-state index contributed by atoms with van der Waals surface area (Å²) in [6.07, 6.45) is 0. The predicted molar refractivity (Wildman–Crippen MR) is 87.8 cm³/mol. The molecule has 0 aliphatic heterocycles. The summed E-state index contributed by atoms with van der Waals surface area (Å²) in [5, 5.41) is 0. The zero-order chi connectivity index (χ0) is 15.1. The molecule has 1 aromatic heterocycles. The van der Waals surface area contributed by atoms with Crippen molar-refractivity contribution in [3.8, 4) is 5.69 Å². The van der Waals surface area contributed by atoms with Crippen molar-refractivity contribution in [2.45, 2.75) is 19.7 Å². The summed E-state index contributed by atoms with van der Waals surface area (Å²) in [6.45, 7) is 4.10. The van der Waals surface area contributed by atoms with E-state index in [1.54, 1.807) is 6.07 Å². The van der Waals surface area contributed by atoms with Gasteiger partial charge in [-0.15, -0.1) is 11.6 Å². The van der Waals surface area contributed by atoms with Crippen molar-refractivity contribution in [3.63, 3.8) is 0 Å². The van der Waals surface area contributed by atoms with Gasteiger partial charge < -0.3 is 0 Å². The molecule has 2 nitrogen and oxygen atoms in total. The molecule has 0 saturated carbocycles. The zero-order valence-corrected chi connectivity index (χ0v) is 14.0. The lowest BCUT2D eigenvalue weighted by Crippen LogP contribution is -2.02. The number of halogens is 3. The van der Waals surface area contributed by atoms with E-state index in [-0.39, 0.29) is 11.7 Å². The fourth-order valence-corrected chi connectivity index (χ4v) is 2.97. The molecule has 3 aromatic rings. The van der Waals surface area contributed by atoms with E-state index in [1.165, 1.54) is 11.6 Å². The van der Waals surface area contributed by atoms with Crippen LogP contribution in [0.2, 0.25) is 0 Å². The quantitative estimate of drug-likeness (QED) is 0.563. The van der Waals surface area contributed by atoms with Crippen LogP contribution in [0.4, 0.5) is 4.39 Å². The third kappa shape index (κ3) is 2.36. The average molecular weight is 368 g/mol. The van der Waals surface area contributed by atoms with E-state index in [1.807, 2.05) is 23.6 Å². The molecule has 21 heavy (non-hydrogen) atoms. The van der Waals surface area contributed by atoms with Gasteiger partial charge in [-0.2, -0.15) is 0 Å². The number of benzene rings is 2. The summed E-state index contributed by atoms with van der Waals surface area (Å²) >= 11 is 9.23. The first-order valence-corrected chi connectivity index (χ1v) is 7.84. The molecule has 0 aliphatic rings. The molecule has 0 aliphatic carbocycles. The van der Waals surface area contributed by atoms with Gasteiger partial charge in [0.2, 0.25) is 0 Å². The second-order valence-corrected chi connectivity index (χ2v) is 6.09. The summed E-state index contributed by atoms with van der Waals surface area (Å²) in [5.41, 5.74) is 4.73. The van der Waals surface area contributed by atoms with Gasteiger partial charge in [-0.25, -0.2) is 9.37 Å². The fraction of sp³-hybridized carbons (Fsp3) is 0.188. The lowest BCUT2D eigenvalue weighted by Gasteiger charge is -2.13. The standard InChI is InChI=1S/C16H13BrClFN2/c1-9-4-3-5-14(10(9)2)21-15-7-12(19)11(17)6-13(15)20-16(21)8-18/h3-7H,8H2,1-2H3. The SMILES string of the molecule is Cc1cccc(-n2c(CCl)nc3cc(Br)c(F)cc32)c1C. The third-order valence-electron chi connectivity index (χ3n) is 3.70. The second kappa shape index (κ2) is 5.43. The molecule has 0 unspecified atom stereocenters. The number of hydrogen-bond acceptors (Lipinski definition) is 1. The Morgan fingerprint density at radius 1 is 1.29 bits per heavy atom. The topological polar surface area (TPSA) is 17.8 Å². The largest absolute Gasteiger partial charge is 0.295 e. The van der Waals surface area contributed by atoms with Gasteiger partial charge >= 0.3 is 0 Å². The van der Waals surface area contributed by atoms with E-state index in [0.29, 0.717) is 10.3 Å². The molecule has 0 spiro atoms. The van der Waals surface area contributed by atoms with E-state index in [0.717, 1.165) is 22.3 Å². The highest BCUT2D eigenvalue weighted by Crippen LogP contribution is 2.29. The number of rotatable bonds is 2. The van der Waals surface area contributed by atoms with Crippen LogP contribution >= 0.6 is 27.5 Å². The number of nitrogens with zero attached hydrogens (tertiary/aromatic N) is 2. The second-order valence-electron chi connectivity index (χ2n) is 4.97. The maximum atomic E-state index is 13.9. The molecule has 1 heterocycles. The number of hydrogen-bond donors (Lipinski definition) is 0. The van der Waals surface area contributed by atoms with Gasteiger partial charge in [-0.1, -0.05) is 12.1 Å². The lowest BCUT2D eigenvalue weighted by molar-refractivity contribution is 0.622. The summed E-state index contributed by atoms with van der Waals surface area (Å²) in [7, 11) is 0. The van der Waals surface area contributed by atoms with Crippen molar-refractivity contribution in [2.75, 3.05) is 0 Å². The Labute approximate surface area is 135 Å². The number of aromatic nitrogens is 2. The van der Waals surface area contributed by atoms with Gasteiger partial charge in [0.25, 0.3) is 0 Å². The molecule has 0 saturated heterocycles. The highest BCUT2D eigenvalue weighted by Gasteiger charge is 2.16. The van der Waals surface area contributed by atoms with E-state index < -0.39 is 0 Å². The molecule has 0 amide bonds. The molecule has 0 bridgehead atoms. The van der Waals surface area contributed by atoms with Crippen molar-refractivity contribution in [2.24, 2.45) is 0 Å². The number of fused-ring (bicyclic) bond motifs is 1. The van der Waals surface area contributed by atoms with Crippen molar-refractivity contribution < 1.29 is 4.39 Å². The first kappa shape index (κ1) is 14.5. The zero-order valence-electron chi connectivity index (χ0n) is 11.6. The molecule has 0 radical (unpaired) electrons. The number of alkyl halides is 1. The molecule has 0 N–H and O–H groups in total. The molecule has 2 aromatic carbocycles. The monoisotopic (exact) mass is 366 g/mol. The Balaban J connectivity index is 2.40. The predicted octanol–water partition coefficient (Wildman–Crippen LogP) is 5.28. The Kier molecular flexibility index (Phi) is 3.76. The normalized spacial score (nSPS) is 11.3. The molecule has 0 atom stereocenters. The molecule has 3 rings (SSSR count). The van der Waals surface area contributed by atoms with Gasteiger partial charge in [0, 0.05) is 6.07 Å². The Bertz CT molecular complexity index is 842. The smallest absolute Gasteiger partial charge is 0.139 e. The van der Waals surface area contributed by atoms with E-state index in [9.17, 15) is 4.39 Å². The first-order chi connectivity index (χ1) is 10.0. The number of imidazole rings is 1. The summed E-state index contributed by atoms with van der Waals surface area (Å²) in [5.74, 6) is 0.661. The Hall–Kier alpha value is -1.39. The molecular weight excluding hydrogens is 355 g/mol. The minimum atomic E-state index is -0.310. The summed E-state index contributed by atoms with van der Waals surface area (Å²) < 4.78 is 16.3. The minimum absolute atomic E-state index is 0.265. The summed E-state index contributed by atoms with van der Waals surface area (Å²) in [6, 6.07) is 9.21. The van der Waals surface area contributed by atoms with Crippen LogP contribution in [0.5, 0.6) is 0 Å². The fourth-order valence-electron chi connectivity index (χ4n) is 2.46. The van der Waals surface area contributed by atoms with E-state index in [4.69, 9.17) is 11.6 Å². The Morgan fingerprint density at radius 3 is 2.76 bits per heavy atom. The lowest BCUT2D eigenvalue weighted by atomic mass is 10.1.